The van der Waals surface area contributed by atoms with E-state index < -0.39 is 0 Å². The minimum Gasteiger partial charge on any atom is -0.507 e. The number of hydrogen-bond donors (Lipinski definition) is 1. The van der Waals surface area contributed by atoms with Gasteiger partial charge in [0.2, 0.25) is 0 Å². The predicted octanol–water partition coefficient (Wildman–Crippen LogP) is 11.2. The maximum Gasteiger partial charge on any atom is 0.196 e. The molecule has 4 aromatic rings. The lowest BCUT2D eigenvalue weighted by Crippen LogP contribution is -2.13. The molecule has 4 aromatic carbocycles. The van der Waals surface area contributed by atoms with Gasteiger partial charge >= 0.3 is 0 Å². The molecule has 0 amide bonds. The number of carbonyl (C=O) groups excluding carboxylic acids is 1. The van der Waals surface area contributed by atoms with Gasteiger partial charge in [-0.3, -0.25) is 4.79 Å². The van der Waals surface area contributed by atoms with Crippen LogP contribution in [0.5, 0.6) is 17.2 Å². The quantitative estimate of drug-likeness (QED) is 0.0945. The highest BCUT2D eigenvalue weighted by Crippen LogP contribution is 2.38. The lowest BCUT2D eigenvalue weighted by molar-refractivity contribution is 0.103. The van der Waals surface area contributed by atoms with E-state index in [1.807, 2.05) is 18.2 Å². The number of benzene rings is 4. The number of aromatic hydroxyl groups is 1. The van der Waals surface area contributed by atoms with Crippen molar-refractivity contribution in [2.24, 2.45) is 5.92 Å². The van der Waals surface area contributed by atoms with Crippen molar-refractivity contribution in [3.8, 4) is 28.4 Å². The summed E-state index contributed by atoms with van der Waals surface area (Å²) in [6.07, 6.45) is 15.0. The first kappa shape index (κ1) is 33.3. The SMILES string of the molecule is CCCCCC1CCC(c2ccc(-c3ccc(OCCCCCCOc4ccc(C(=O)c5ccccc5)c(O)c4)cc3)cc2)CC1. The van der Waals surface area contributed by atoms with Crippen LogP contribution >= 0.6 is 0 Å². The Balaban J connectivity index is 0.951. The Bertz CT molecular complexity index is 1470. The van der Waals surface area contributed by atoms with Gasteiger partial charge in [0.25, 0.3) is 0 Å². The van der Waals surface area contributed by atoms with Crippen LogP contribution in [0.25, 0.3) is 11.1 Å². The Morgan fingerprint density at radius 3 is 1.91 bits per heavy atom. The molecule has 0 saturated heterocycles. The molecule has 4 nitrogen and oxygen atoms in total. The fourth-order valence-electron chi connectivity index (χ4n) is 6.63. The Labute approximate surface area is 275 Å². The summed E-state index contributed by atoms with van der Waals surface area (Å²) in [5.74, 6) is 2.90. The normalized spacial score (nSPS) is 16.2. The zero-order chi connectivity index (χ0) is 32.0. The second kappa shape index (κ2) is 17.6. The molecule has 0 heterocycles. The van der Waals surface area contributed by atoms with Gasteiger partial charge in [-0.05, 0) is 104 Å². The van der Waals surface area contributed by atoms with Crippen LogP contribution in [-0.4, -0.2) is 24.1 Å². The molecule has 46 heavy (non-hydrogen) atoms. The first-order valence-electron chi connectivity index (χ1n) is 17.5. The van der Waals surface area contributed by atoms with E-state index in [2.05, 4.69) is 55.5 Å². The molecule has 1 aliphatic rings. The molecule has 5 rings (SSSR count). The van der Waals surface area contributed by atoms with Gasteiger partial charge in [0, 0.05) is 11.6 Å². The van der Waals surface area contributed by atoms with Crippen LogP contribution in [-0.2, 0) is 0 Å². The molecule has 0 spiro atoms. The second-order valence-electron chi connectivity index (χ2n) is 12.8. The minimum atomic E-state index is -0.201. The van der Waals surface area contributed by atoms with Gasteiger partial charge in [-0.2, -0.15) is 0 Å². The Morgan fingerprint density at radius 2 is 1.28 bits per heavy atom. The average Bonchev–Trinajstić information content (AvgIpc) is 3.10. The van der Waals surface area contributed by atoms with E-state index >= 15 is 0 Å². The first-order chi connectivity index (χ1) is 22.6. The van der Waals surface area contributed by atoms with Crippen LogP contribution in [0.15, 0.2) is 97.1 Å². The number of rotatable bonds is 17. The molecule has 1 saturated carbocycles. The second-order valence-corrected chi connectivity index (χ2v) is 12.8. The summed E-state index contributed by atoms with van der Waals surface area (Å²) in [6, 6.07) is 31.6. The smallest absolute Gasteiger partial charge is 0.196 e. The molecule has 1 aliphatic carbocycles. The van der Waals surface area contributed by atoms with Crippen molar-refractivity contribution < 1.29 is 19.4 Å². The number of ketones is 1. The van der Waals surface area contributed by atoms with Gasteiger partial charge in [0.05, 0.1) is 18.8 Å². The number of phenolic OH excluding ortho intramolecular Hbond substituents is 1. The van der Waals surface area contributed by atoms with Crippen molar-refractivity contribution in [1.29, 1.82) is 0 Å². The third-order valence-electron chi connectivity index (χ3n) is 9.46. The molecule has 0 bridgehead atoms. The van der Waals surface area contributed by atoms with Crippen molar-refractivity contribution in [3.05, 3.63) is 114 Å². The Hall–Kier alpha value is -4.05. The van der Waals surface area contributed by atoms with Crippen LogP contribution in [0.4, 0.5) is 0 Å². The largest absolute Gasteiger partial charge is 0.507 e. The zero-order valence-electron chi connectivity index (χ0n) is 27.5. The molecule has 4 heteroatoms. The zero-order valence-corrected chi connectivity index (χ0v) is 27.5. The van der Waals surface area contributed by atoms with E-state index in [0.717, 1.165) is 43.3 Å². The van der Waals surface area contributed by atoms with Crippen LogP contribution in [0, 0.1) is 5.92 Å². The maximum absolute atomic E-state index is 12.6. The third kappa shape index (κ3) is 9.72. The average molecular weight is 619 g/mol. The van der Waals surface area contributed by atoms with Crippen molar-refractivity contribution in [2.45, 2.75) is 89.9 Å². The molecule has 1 fully saturated rings. The van der Waals surface area contributed by atoms with Crippen molar-refractivity contribution in [3.63, 3.8) is 0 Å². The molecule has 0 aliphatic heterocycles. The Kier molecular flexibility index (Phi) is 12.7. The predicted molar refractivity (Wildman–Crippen MR) is 188 cm³/mol. The fraction of sp³-hybridized carbons (Fsp3) is 0.405. The summed E-state index contributed by atoms with van der Waals surface area (Å²) in [6.45, 7) is 3.55. The highest BCUT2D eigenvalue weighted by molar-refractivity contribution is 6.10. The van der Waals surface area contributed by atoms with Gasteiger partial charge < -0.3 is 14.6 Å². The molecule has 0 aromatic heterocycles. The monoisotopic (exact) mass is 618 g/mol. The number of ether oxygens (including phenoxy) is 2. The van der Waals surface area contributed by atoms with E-state index in [9.17, 15) is 9.90 Å². The molecular weight excluding hydrogens is 568 g/mol. The van der Waals surface area contributed by atoms with E-state index in [-0.39, 0.29) is 17.1 Å². The summed E-state index contributed by atoms with van der Waals surface area (Å²) in [7, 11) is 0. The van der Waals surface area contributed by atoms with Gasteiger partial charge in [0.1, 0.15) is 17.2 Å². The topological polar surface area (TPSA) is 55.8 Å². The summed E-state index contributed by atoms with van der Waals surface area (Å²) in [5.41, 5.74) is 4.82. The van der Waals surface area contributed by atoms with E-state index in [1.165, 1.54) is 74.1 Å². The van der Waals surface area contributed by atoms with Crippen LogP contribution < -0.4 is 9.47 Å². The fourth-order valence-corrected chi connectivity index (χ4v) is 6.63. The standard InChI is InChI=1S/C42H50O4/c1-2-3-7-12-32-15-17-33(18-16-32)34-19-21-35(22-20-34)36-23-25-38(26-24-36)45-29-10-4-5-11-30-46-39-27-28-40(41(43)31-39)42(44)37-13-8-6-9-14-37/h6,8-9,13-14,19-28,31-33,43H,2-5,7,10-12,15-18,29-30H2,1H3. The first-order valence-corrected chi connectivity index (χ1v) is 17.5. The summed E-state index contributed by atoms with van der Waals surface area (Å²) < 4.78 is 11.8. The van der Waals surface area contributed by atoms with Gasteiger partial charge in [0.15, 0.2) is 5.78 Å². The molecular formula is C42H50O4. The van der Waals surface area contributed by atoms with Gasteiger partial charge in [-0.1, -0.05) is 99.3 Å². The van der Waals surface area contributed by atoms with Crippen LogP contribution in [0.3, 0.4) is 0 Å². The number of carbonyl (C=O) groups is 1. The van der Waals surface area contributed by atoms with Crippen molar-refractivity contribution in [2.75, 3.05) is 13.2 Å². The summed E-state index contributed by atoms with van der Waals surface area (Å²) in [4.78, 5) is 12.6. The summed E-state index contributed by atoms with van der Waals surface area (Å²) >= 11 is 0. The van der Waals surface area contributed by atoms with Crippen LogP contribution in [0.2, 0.25) is 0 Å². The minimum absolute atomic E-state index is 0.0601. The van der Waals surface area contributed by atoms with Crippen molar-refractivity contribution >= 4 is 5.78 Å². The lowest BCUT2D eigenvalue weighted by atomic mass is 9.77. The van der Waals surface area contributed by atoms with Crippen molar-refractivity contribution in [1.82, 2.24) is 0 Å². The number of phenols is 1. The highest BCUT2D eigenvalue weighted by Gasteiger charge is 2.22. The molecule has 242 valence electrons. The number of hydrogen-bond acceptors (Lipinski definition) is 4. The Morgan fingerprint density at radius 1 is 0.674 bits per heavy atom. The molecule has 0 radical (unpaired) electrons. The highest BCUT2D eigenvalue weighted by atomic mass is 16.5. The molecule has 0 unspecified atom stereocenters. The van der Waals surface area contributed by atoms with Gasteiger partial charge in [-0.25, -0.2) is 0 Å². The third-order valence-corrected chi connectivity index (χ3v) is 9.46. The van der Waals surface area contributed by atoms with E-state index in [4.69, 9.17) is 9.47 Å². The summed E-state index contributed by atoms with van der Waals surface area (Å²) in [5, 5.41) is 10.4. The molecule has 1 N–H and O–H groups in total. The maximum atomic E-state index is 12.6. The lowest BCUT2D eigenvalue weighted by Gasteiger charge is -2.29. The molecule has 0 atom stereocenters. The van der Waals surface area contributed by atoms with E-state index in [0.29, 0.717) is 24.5 Å². The van der Waals surface area contributed by atoms with Gasteiger partial charge in [-0.15, -0.1) is 0 Å². The van der Waals surface area contributed by atoms with E-state index in [1.54, 1.807) is 24.3 Å². The number of unbranched alkanes of at least 4 members (excludes halogenated alkanes) is 5. The van der Waals surface area contributed by atoms with Crippen LogP contribution in [0.1, 0.15) is 111 Å².